The van der Waals surface area contributed by atoms with Gasteiger partial charge in [-0.15, -0.1) is 0 Å². The van der Waals surface area contributed by atoms with E-state index < -0.39 is 53.7 Å². The lowest BCUT2D eigenvalue weighted by Crippen LogP contribution is -2.55. The minimum absolute atomic E-state index is 0.0498. The molecule has 0 N–H and O–H groups in total. The summed E-state index contributed by atoms with van der Waals surface area (Å²) in [6, 6.07) is 11.3. The fourth-order valence-electron chi connectivity index (χ4n) is 5.82. The number of rotatable bonds is 4. The summed E-state index contributed by atoms with van der Waals surface area (Å²) < 4.78 is 84.3. The largest absolute Gasteiger partial charge is 0.491 e. The first kappa shape index (κ1) is 21.0. The Hall–Kier alpha value is -3.10. The van der Waals surface area contributed by atoms with Gasteiger partial charge in [-0.05, 0) is 37.8 Å². The number of carbonyl (C=O) groups excluding carboxylic acids is 2. The van der Waals surface area contributed by atoms with Crippen molar-refractivity contribution in [2.75, 3.05) is 20.1 Å². The molecule has 2 aromatic rings. The molecule has 2 aromatic carbocycles. The van der Waals surface area contributed by atoms with Crippen molar-refractivity contribution in [3.63, 3.8) is 0 Å². The summed E-state index contributed by atoms with van der Waals surface area (Å²) in [5.41, 5.74) is -3.44. The summed E-state index contributed by atoms with van der Waals surface area (Å²) in [7, 11) is 0. The molecule has 4 atom stereocenters. The SMILES string of the molecule is [2H]C([2H])([2H])N1C(=O)CC[C@H]1C(=O)N1CCC2(Cc3ccccc3)c3ccc(C(C)(F)C(F)(F)F)cc3OCC12. The van der Waals surface area contributed by atoms with Gasteiger partial charge >= 0.3 is 6.18 Å². The van der Waals surface area contributed by atoms with Crippen LogP contribution in [0.25, 0.3) is 0 Å². The van der Waals surface area contributed by atoms with E-state index in [0.717, 1.165) is 17.7 Å². The van der Waals surface area contributed by atoms with Gasteiger partial charge < -0.3 is 14.5 Å². The Morgan fingerprint density at radius 1 is 1.19 bits per heavy atom. The molecular weight excluding hydrogens is 476 g/mol. The van der Waals surface area contributed by atoms with Crippen LogP contribution in [0.15, 0.2) is 48.5 Å². The van der Waals surface area contributed by atoms with Crippen LogP contribution >= 0.6 is 0 Å². The normalized spacial score (nSPS) is 28.9. The molecule has 3 aliphatic rings. The molecule has 0 aliphatic carbocycles. The molecule has 3 unspecified atom stereocenters. The summed E-state index contributed by atoms with van der Waals surface area (Å²) in [6.45, 7) is -2.13. The molecular formula is C27H28F4N2O3. The Bertz CT molecular complexity index is 1290. The van der Waals surface area contributed by atoms with E-state index in [-0.39, 0.29) is 31.7 Å². The van der Waals surface area contributed by atoms with E-state index in [1.165, 1.54) is 6.07 Å². The van der Waals surface area contributed by atoms with E-state index in [1.807, 2.05) is 30.3 Å². The molecule has 0 aromatic heterocycles. The van der Waals surface area contributed by atoms with E-state index in [2.05, 4.69) is 0 Å². The topological polar surface area (TPSA) is 49.9 Å². The molecule has 3 aliphatic heterocycles. The lowest BCUT2D eigenvalue weighted by Gasteiger charge is -2.44. The van der Waals surface area contributed by atoms with Crippen LogP contribution in [0, 0.1) is 0 Å². The lowest BCUT2D eigenvalue weighted by molar-refractivity contribution is -0.228. The third-order valence-corrected chi connectivity index (χ3v) is 7.94. The van der Waals surface area contributed by atoms with Gasteiger partial charge in [0.25, 0.3) is 0 Å². The molecule has 3 heterocycles. The Kier molecular flexibility index (Phi) is 4.96. The van der Waals surface area contributed by atoms with Crippen LogP contribution in [0.1, 0.15) is 47.0 Å². The molecule has 0 saturated carbocycles. The number of nitrogens with zero attached hydrogens (tertiary/aromatic N) is 2. The minimum Gasteiger partial charge on any atom is -0.491 e. The van der Waals surface area contributed by atoms with Crippen molar-refractivity contribution in [1.29, 1.82) is 0 Å². The molecule has 2 amide bonds. The summed E-state index contributed by atoms with van der Waals surface area (Å²) in [5, 5.41) is 0. The monoisotopic (exact) mass is 507 g/mol. The predicted octanol–water partition coefficient (Wildman–Crippen LogP) is 4.53. The molecule has 0 bridgehead atoms. The van der Waals surface area contributed by atoms with Crippen LogP contribution in [0.5, 0.6) is 5.75 Å². The van der Waals surface area contributed by atoms with Gasteiger partial charge in [0.05, 0.1) is 6.04 Å². The molecule has 192 valence electrons. The molecule has 36 heavy (non-hydrogen) atoms. The van der Waals surface area contributed by atoms with Crippen molar-refractivity contribution in [3.05, 3.63) is 65.2 Å². The van der Waals surface area contributed by atoms with E-state index in [4.69, 9.17) is 8.85 Å². The summed E-state index contributed by atoms with van der Waals surface area (Å²) >= 11 is 0. The zero-order valence-electron chi connectivity index (χ0n) is 22.6. The first-order chi connectivity index (χ1) is 18.2. The van der Waals surface area contributed by atoms with Crippen molar-refractivity contribution < 1.29 is 36.0 Å². The van der Waals surface area contributed by atoms with Crippen molar-refractivity contribution in [2.45, 2.75) is 62.0 Å². The number of halogens is 4. The Balaban J connectivity index is 1.55. The number of fused-ring (bicyclic) bond motifs is 3. The highest BCUT2D eigenvalue weighted by atomic mass is 19.4. The molecule has 2 fully saturated rings. The molecule has 9 heteroatoms. The van der Waals surface area contributed by atoms with Gasteiger partial charge in [0.1, 0.15) is 18.4 Å². The standard InChI is InChI=1S/C27H28F4N2O3/c1-25(28,27(29,30)31)18-8-9-19-21(14-18)36-16-22-26(19,15-17-6-4-3-5-7-17)12-13-33(22)24(35)20-10-11-23(34)32(20)2/h3-9,14,20,22H,10-13,15-16H2,1-2H3/t20-,22?,25?,26?/m0/s1/i2D3. The summed E-state index contributed by atoms with van der Waals surface area (Å²) in [4.78, 5) is 28.3. The van der Waals surface area contributed by atoms with Gasteiger partial charge in [-0.1, -0.05) is 42.5 Å². The minimum atomic E-state index is -5.12. The second-order valence-corrected chi connectivity index (χ2v) is 9.96. The number of hydrogen-bond acceptors (Lipinski definition) is 3. The van der Waals surface area contributed by atoms with E-state index in [0.29, 0.717) is 30.2 Å². The zero-order valence-corrected chi connectivity index (χ0v) is 19.6. The maximum Gasteiger partial charge on any atom is 0.426 e. The van der Waals surface area contributed by atoms with Gasteiger partial charge in [-0.2, -0.15) is 13.2 Å². The number of amides is 2. The van der Waals surface area contributed by atoms with Crippen LogP contribution in [-0.4, -0.2) is 60.0 Å². The van der Waals surface area contributed by atoms with Gasteiger partial charge in [0.2, 0.25) is 17.5 Å². The van der Waals surface area contributed by atoms with Crippen molar-refractivity contribution in [2.24, 2.45) is 0 Å². The van der Waals surface area contributed by atoms with Crippen LogP contribution in [0.3, 0.4) is 0 Å². The Morgan fingerprint density at radius 2 is 1.94 bits per heavy atom. The number of alkyl halides is 4. The van der Waals surface area contributed by atoms with Crippen molar-refractivity contribution in [3.8, 4) is 5.75 Å². The molecule has 5 rings (SSSR count). The molecule has 0 spiro atoms. The Morgan fingerprint density at radius 3 is 2.64 bits per heavy atom. The van der Waals surface area contributed by atoms with Crippen LogP contribution < -0.4 is 4.74 Å². The van der Waals surface area contributed by atoms with Crippen molar-refractivity contribution >= 4 is 11.8 Å². The number of likely N-dealkylation sites (tertiary alicyclic amines) is 2. The number of carbonyl (C=O) groups is 2. The fourth-order valence-corrected chi connectivity index (χ4v) is 5.82. The number of benzene rings is 2. The number of ether oxygens (including phenoxy) is 1. The molecule has 0 radical (unpaired) electrons. The van der Waals surface area contributed by atoms with Crippen molar-refractivity contribution in [1.82, 2.24) is 9.80 Å². The molecule has 5 nitrogen and oxygen atoms in total. The third-order valence-electron chi connectivity index (χ3n) is 7.94. The first-order valence-corrected chi connectivity index (χ1v) is 11.9. The first-order valence-electron chi connectivity index (χ1n) is 13.4. The fraction of sp³-hybridized carbons (Fsp3) is 0.481. The van der Waals surface area contributed by atoms with Gasteiger partial charge in [0, 0.05) is 40.6 Å². The smallest absolute Gasteiger partial charge is 0.426 e. The van der Waals surface area contributed by atoms with E-state index in [1.54, 1.807) is 4.90 Å². The number of hydrogen-bond donors (Lipinski definition) is 0. The average Bonchev–Trinajstić information content (AvgIpc) is 3.44. The predicted molar refractivity (Wildman–Crippen MR) is 124 cm³/mol. The Labute approximate surface area is 211 Å². The van der Waals surface area contributed by atoms with Gasteiger partial charge in [0.15, 0.2) is 0 Å². The third kappa shape index (κ3) is 3.74. The highest BCUT2D eigenvalue weighted by Gasteiger charge is 2.57. The maximum absolute atomic E-state index is 14.8. The van der Waals surface area contributed by atoms with E-state index in [9.17, 15) is 27.2 Å². The number of likely N-dealkylation sites (N-methyl/N-ethyl adjacent to an activating group) is 1. The second kappa shape index (κ2) is 8.49. The van der Waals surface area contributed by atoms with Gasteiger partial charge in [-0.3, -0.25) is 9.59 Å². The van der Waals surface area contributed by atoms with Crippen LogP contribution in [-0.2, 0) is 27.1 Å². The summed E-state index contributed by atoms with van der Waals surface area (Å²) in [6.07, 6.45) is -4.24. The molecule has 2 saturated heterocycles. The van der Waals surface area contributed by atoms with Gasteiger partial charge in [-0.25, -0.2) is 4.39 Å². The van der Waals surface area contributed by atoms with E-state index >= 15 is 0 Å². The summed E-state index contributed by atoms with van der Waals surface area (Å²) in [5.74, 6) is -0.976. The average molecular weight is 508 g/mol. The maximum atomic E-state index is 14.8. The van der Waals surface area contributed by atoms with Crippen LogP contribution in [0.2, 0.25) is 0 Å². The zero-order chi connectivity index (χ0) is 28.4. The highest BCUT2D eigenvalue weighted by Crippen LogP contribution is 2.51. The quantitative estimate of drug-likeness (QED) is 0.572. The lowest BCUT2D eigenvalue weighted by atomic mass is 9.68. The second-order valence-electron chi connectivity index (χ2n) is 9.96. The highest BCUT2D eigenvalue weighted by molar-refractivity contribution is 5.91. The van der Waals surface area contributed by atoms with Crippen LogP contribution in [0.4, 0.5) is 17.6 Å².